The number of hydrogen-bond donors (Lipinski definition) is 0. The normalized spacial score (nSPS) is 11.5. The molecule has 0 fully saturated rings. The smallest absolute Gasteiger partial charge is 0.249 e. The summed E-state index contributed by atoms with van der Waals surface area (Å²) in [7, 11) is -0.554. The second-order valence-corrected chi connectivity index (χ2v) is 6.26. The molecule has 0 N–H and O–H groups in total. The van der Waals surface area contributed by atoms with Crippen LogP contribution in [0.15, 0.2) is 29.7 Å². The lowest BCUT2D eigenvalue weighted by atomic mass is 10.2. The maximum atomic E-state index is 12.2. The summed E-state index contributed by atoms with van der Waals surface area (Å²) < 4.78 is 31.0. The van der Waals surface area contributed by atoms with Crippen LogP contribution in [0, 0.1) is 0 Å². The Labute approximate surface area is 115 Å². The molecule has 0 bridgehead atoms. The Bertz CT molecular complexity index is 697. The minimum atomic E-state index is -3.60. The number of sulfone groups is 1. The summed E-state index contributed by atoms with van der Waals surface area (Å²) in [6, 6.07) is 4.83. The number of nitrogens with zero attached hydrogens (tertiary/aromatic N) is 3. The molecular weight excluding hydrogens is 290 g/mol. The fourth-order valence-corrected chi connectivity index (χ4v) is 3.30. The zero-order valence-corrected chi connectivity index (χ0v) is 11.9. The Morgan fingerprint density at radius 2 is 2.16 bits per heavy atom. The number of methoxy groups -OCH3 is 1. The molecule has 1 aromatic carbocycles. The SMILES string of the molecule is COc1ccc(Cl)cc1CS(=O)(=O)c1nncn1C. The van der Waals surface area contributed by atoms with Crippen LogP contribution in [-0.2, 0) is 22.6 Å². The number of rotatable bonds is 4. The molecular formula is C11H12ClN3O3S. The zero-order valence-electron chi connectivity index (χ0n) is 10.4. The average molecular weight is 302 g/mol. The van der Waals surface area contributed by atoms with Crippen molar-refractivity contribution in [1.29, 1.82) is 0 Å². The monoisotopic (exact) mass is 301 g/mol. The standard InChI is InChI=1S/C11H12ClN3O3S/c1-15-7-13-14-11(15)19(16,17)6-8-5-9(12)3-4-10(8)18-2/h3-5,7H,6H2,1-2H3. The third kappa shape index (κ3) is 2.87. The van der Waals surface area contributed by atoms with E-state index >= 15 is 0 Å². The summed E-state index contributed by atoms with van der Waals surface area (Å²) >= 11 is 5.88. The molecule has 0 unspecified atom stereocenters. The first-order valence-electron chi connectivity index (χ1n) is 5.33. The largest absolute Gasteiger partial charge is 0.496 e. The van der Waals surface area contributed by atoms with Gasteiger partial charge >= 0.3 is 0 Å². The molecule has 19 heavy (non-hydrogen) atoms. The lowest BCUT2D eigenvalue weighted by molar-refractivity contribution is 0.411. The van der Waals surface area contributed by atoms with Gasteiger partial charge in [-0.2, -0.15) is 0 Å². The van der Waals surface area contributed by atoms with Gasteiger partial charge in [-0.3, -0.25) is 0 Å². The van der Waals surface area contributed by atoms with E-state index in [1.165, 1.54) is 18.0 Å². The molecule has 8 heteroatoms. The third-order valence-corrected chi connectivity index (χ3v) is 4.39. The van der Waals surface area contributed by atoms with Crippen molar-refractivity contribution in [2.24, 2.45) is 7.05 Å². The van der Waals surface area contributed by atoms with Crippen molar-refractivity contribution in [2.75, 3.05) is 7.11 Å². The molecule has 0 radical (unpaired) electrons. The van der Waals surface area contributed by atoms with Gasteiger partial charge in [-0.1, -0.05) is 11.6 Å². The predicted octanol–water partition coefficient (Wildman–Crippen LogP) is 1.45. The van der Waals surface area contributed by atoms with Crippen LogP contribution in [0.2, 0.25) is 5.02 Å². The molecule has 0 aliphatic rings. The van der Waals surface area contributed by atoms with Crippen LogP contribution >= 0.6 is 11.6 Å². The van der Waals surface area contributed by atoms with E-state index in [0.29, 0.717) is 16.3 Å². The van der Waals surface area contributed by atoms with Gasteiger partial charge in [-0.05, 0) is 18.2 Å². The molecule has 0 saturated carbocycles. The third-order valence-electron chi connectivity index (χ3n) is 2.54. The maximum Gasteiger partial charge on any atom is 0.249 e. The Balaban J connectivity index is 2.41. The fraction of sp³-hybridized carbons (Fsp3) is 0.273. The summed E-state index contributed by atoms with van der Waals surface area (Å²) in [4.78, 5) is 0. The van der Waals surface area contributed by atoms with Gasteiger partial charge in [0.05, 0.1) is 12.9 Å². The van der Waals surface area contributed by atoms with Crippen molar-refractivity contribution in [3.63, 3.8) is 0 Å². The number of ether oxygens (including phenoxy) is 1. The van der Waals surface area contributed by atoms with Crippen LogP contribution in [-0.4, -0.2) is 30.3 Å². The number of benzene rings is 1. The first-order valence-corrected chi connectivity index (χ1v) is 7.36. The van der Waals surface area contributed by atoms with E-state index in [1.807, 2.05) is 0 Å². The molecule has 0 amide bonds. The van der Waals surface area contributed by atoms with Crippen LogP contribution < -0.4 is 4.74 Å². The fourth-order valence-electron chi connectivity index (χ4n) is 1.68. The quantitative estimate of drug-likeness (QED) is 0.854. The Morgan fingerprint density at radius 1 is 1.42 bits per heavy atom. The minimum absolute atomic E-state index is 0.0884. The topological polar surface area (TPSA) is 74.1 Å². The molecule has 0 spiro atoms. The van der Waals surface area contributed by atoms with E-state index in [-0.39, 0.29) is 10.9 Å². The number of aromatic nitrogens is 3. The second kappa shape index (κ2) is 5.18. The van der Waals surface area contributed by atoms with Gasteiger partial charge in [0, 0.05) is 17.6 Å². The Kier molecular flexibility index (Phi) is 3.77. The molecule has 1 heterocycles. The minimum Gasteiger partial charge on any atom is -0.496 e. The van der Waals surface area contributed by atoms with Crippen molar-refractivity contribution in [3.05, 3.63) is 35.1 Å². The zero-order chi connectivity index (χ0) is 14.0. The van der Waals surface area contributed by atoms with Gasteiger partial charge in [0.2, 0.25) is 15.0 Å². The highest BCUT2D eigenvalue weighted by Crippen LogP contribution is 2.26. The molecule has 2 rings (SSSR count). The van der Waals surface area contributed by atoms with Gasteiger partial charge in [0.15, 0.2) is 0 Å². The van der Waals surface area contributed by atoms with Crippen molar-refractivity contribution in [2.45, 2.75) is 10.9 Å². The highest BCUT2D eigenvalue weighted by atomic mass is 35.5. The van der Waals surface area contributed by atoms with Gasteiger partial charge in [-0.25, -0.2) is 8.42 Å². The summed E-state index contributed by atoms with van der Waals surface area (Å²) in [5, 5.41) is 7.54. The molecule has 6 nitrogen and oxygen atoms in total. The van der Waals surface area contributed by atoms with E-state index in [9.17, 15) is 8.42 Å². The molecule has 0 atom stereocenters. The molecule has 0 aliphatic carbocycles. The van der Waals surface area contributed by atoms with E-state index in [1.54, 1.807) is 25.2 Å². The van der Waals surface area contributed by atoms with Gasteiger partial charge in [0.1, 0.15) is 12.1 Å². The van der Waals surface area contributed by atoms with Crippen molar-refractivity contribution < 1.29 is 13.2 Å². The predicted molar refractivity (Wildman–Crippen MR) is 69.9 cm³/mol. The highest BCUT2D eigenvalue weighted by Gasteiger charge is 2.22. The molecule has 1 aromatic heterocycles. The lowest BCUT2D eigenvalue weighted by Gasteiger charge is -2.09. The number of halogens is 1. The molecule has 0 aliphatic heterocycles. The Hall–Kier alpha value is -1.60. The van der Waals surface area contributed by atoms with Crippen molar-refractivity contribution in [1.82, 2.24) is 14.8 Å². The summed E-state index contributed by atoms with van der Waals surface area (Å²) in [5.41, 5.74) is 0.484. The maximum absolute atomic E-state index is 12.2. The molecule has 0 saturated heterocycles. The van der Waals surface area contributed by atoms with Crippen LogP contribution in [0.4, 0.5) is 0 Å². The van der Waals surface area contributed by atoms with Crippen molar-refractivity contribution >= 4 is 21.4 Å². The Morgan fingerprint density at radius 3 is 2.74 bits per heavy atom. The summed E-state index contributed by atoms with van der Waals surface area (Å²) in [5.74, 6) is 0.221. The average Bonchev–Trinajstić information content (AvgIpc) is 2.76. The summed E-state index contributed by atoms with van der Waals surface area (Å²) in [6.07, 6.45) is 1.34. The van der Waals surface area contributed by atoms with Gasteiger partial charge < -0.3 is 9.30 Å². The first kappa shape index (κ1) is 13.8. The van der Waals surface area contributed by atoms with Gasteiger partial charge in [0.25, 0.3) is 0 Å². The van der Waals surface area contributed by atoms with E-state index in [4.69, 9.17) is 16.3 Å². The van der Waals surface area contributed by atoms with Crippen LogP contribution in [0.1, 0.15) is 5.56 Å². The molecule has 102 valence electrons. The highest BCUT2D eigenvalue weighted by molar-refractivity contribution is 7.90. The van der Waals surface area contributed by atoms with Crippen LogP contribution in [0.25, 0.3) is 0 Å². The summed E-state index contributed by atoms with van der Waals surface area (Å²) in [6.45, 7) is 0. The van der Waals surface area contributed by atoms with Crippen LogP contribution in [0.3, 0.4) is 0 Å². The number of hydrogen-bond acceptors (Lipinski definition) is 5. The van der Waals surface area contributed by atoms with Gasteiger partial charge in [-0.15, -0.1) is 10.2 Å². The number of aryl methyl sites for hydroxylation is 1. The second-order valence-electron chi connectivity index (χ2n) is 3.94. The first-order chi connectivity index (χ1) is 8.94. The molecule has 2 aromatic rings. The van der Waals surface area contributed by atoms with E-state index in [0.717, 1.165) is 0 Å². The van der Waals surface area contributed by atoms with Crippen LogP contribution in [0.5, 0.6) is 5.75 Å². The van der Waals surface area contributed by atoms with E-state index < -0.39 is 9.84 Å². The van der Waals surface area contributed by atoms with E-state index in [2.05, 4.69) is 10.2 Å². The van der Waals surface area contributed by atoms with Crippen molar-refractivity contribution in [3.8, 4) is 5.75 Å². The lowest BCUT2D eigenvalue weighted by Crippen LogP contribution is -2.11.